The number of hydrogen-bond acceptors (Lipinski definition) is 4. The Hall–Kier alpha value is -3.02. The Morgan fingerprint density at radius 3 is 2.26 bits per heavy atom. The minimum Gasteiger partial charge on any atom is -0.493 e. The van der Waals surface area contributed by atoms with Gasteiger partial charge in [0.05, 0.1) is 7.11 Å². The summed E-state index contributed by atoms with van der Waals surface area (Å²) in [6, 6.07) is 14.5. The molecule has 2 amide bonds. The van der Waals surface area contributed by atoms with Gasteiger partial charge >= 0.3 is 0 Å². The zero-order valence-corrected chi connectivity index (χ0v) is 19.2. The zero-order valence-electron chi connectivity index (χ0n) is 19.2. The summed E-state index contributed by atoms with van der Waals surface area (Å²) in [5.41, 5.74) is 2.08. The van der Waals surface area contributed by atoms with Gasteiger partial charge in [-0.3, -0.25) is 9.59 Å². The summed E-state index contributed by atoms with van der Waals surface area (Å²) in [4.78, 5) is 27.9. The molecule has 6 heteroatoms. The van der Waals surface area contributed by atoms with E-state index in [4.69, 9.17) is 9.47 Å². The SMILES string of the molecule is CC[C@H](C)NC(=O)[C@H](CC)N(Cc1ccccc1C)C(=O)COc1ccccc1OC. The molecule has 0 aliphatic carbocycles. The summed E-state index contributed by atoms with van der Waals surface area (Å²) in [6.07, 6.45) is 1.33. The molecule has 2 aromatic rings. The highest BCUT2D eigenvalue weighted by Gasteiger charge is 2.30. The van der Waals surface area contributed by atoms with Gasteiger partial charge in [-0.05, 0) is 49.9 Å². The van der Waals surface area contributed by atoms with Crippen molar-refractivity contribution < 1.29 is 19.1 Å². The summed E-state index contributed by atoms with van der Waals surface area (Å²) in [5.74, 6) is 0.657. The van der Waals surface area contributed by atoms with E-state index >= 15 is 0 Å². The molecule has 0 bridgehead atoms. The first kappa shape index (κ1) is 24.3. The number of para-hydroxylation sites is 2. The lowest BCUT2D eigenvalue weighted by Gasteiger charge is -2.31. The van der Waals surface area contributed by atoms with Crippen LogP contribution in [0.4, 0.5) is 0 Å². The van der Waals surface area contributed by atoms with Crippen molar-refractivity contribution in [2.24, 2.45) is 0 Å². The molecule has 6 nitrogen and oxygen atoms in total. The standard InChI is InChI=1S/C25H34N2O4/c1-6-19(4)26-25(29)21(7-2)27(16-20-13-9-8-12-18(20)3)24(28)17-31-23-15-11-10-14-22(23)30-5/h8-15,19,21H,6-7,16-17H2,1-5H3,(H,26,29)/t19-,21-/m0/s1. The lowest BCUT2D eigenvalue weighted by Crippen LogP contribution is -2.51. The Labute approximate surface area is 185 Å². The largest absolute Gasteiger partial charge is 0.493 e. The van der Waals surface area contributed by atoms with Crippen LogP contribution in [0.25, 0.3) is 0 Å². The molecule has 0 aromatic heterocycles. The third-order valence-electron chi connectivity index (χ3n) is 5.41. The van der Waals surface area contributed by atoms with E-state index < -0.39 is 6.04 Å². The highest BCUT2D eigenvalue weighted by molar-refractivity contribution is 5.88. The van der Waals surface area contributed by atoms with E-state index in [2.05, 4.69) is 5.32 Å². The Morgan fingerprint density at radius 2 is 1.65 bits per heavy atom. The van der Waals surface area contributed by atoms with E-state index in [9.17, 15) is 9.59 Å². The topological polar surface area (TPSA) is 67.9 Å². The third kappa shape index (κ3) is 6.74. The van der Waals surface area contributed by atoms with Crippen molar-refractivity contribution in [2.45, 2.75) is 59.2 Å². The van der Waals surface area contributed by atoms with Crippen molar-refractivity contribution in [1.29, 1.82) is 0 Å². The number of amides is 2. The monoisotopic (exact) mass is 426 g/mol. The van der Waals surface area contributed by atoms with Crippen molar-refractivity contribution in [1.82, 2.24) is 10.2 Å². The van der Waals surface area contributed by atoms with Crippen LogP contribution in [0.1, 0.15) is 44.7 Å². The van der Waals surface area contributed by atoms with Crippen LogP contribution in [0, 0.1) is 6.92 Å². The highest BCUT2D eigenvalue weighted by Crippen LogP contribution is 2.26. The van der Waals surface area contributed by atoms with E-state index in [0.29, 0.717) is 24.5 Å². The lowest BCUT2D eigenvalue weighted by atomic mass is 10.1. The van der Waals surface area contributed by atoms with Gasteiger partial charge in [-0.15, -0.1) is 0 Å². The maximum absolute atomic E-state index is 13.3. The first-order chi connectivity index (χ1) is 14.9. The van der Waals surface area contributed by atoms with Gasteiger partial charge in [-0.2, -0.15) is 0 Å². The van der Waals surface area contributed by atoms with Crippen LogP contribution in [0.15, 0.2) is 48.5 Å². The Balaban J connectivity index is 2.25. The van der Waals surface area contributed by atoms with Crippen LogP contribution in [-0.2, 0) is 16.1 Å². The minimum absolute atomic E-state index is 0.0433. The molecule has 0 fully saturated rings. The Bertz CT molecular complexity index is 868. The average Bonchev–Trinajstić information content (AvgIpc) is 2.78. The summed E-state index contributed by atoms with van der Waals surface area (Å²) in [7, 11) is 1.56. The van der Waals surface area contributed by atoms with E-state index in [1.807, 2.05) is 64.1 Å². The highest BCUT2D eigenvalue weighted by atomic mass is 16.5. The van der Waals surface area contributed by atoms with E-state index in [-0.39, 0.29) is 24.5 Å². The van der Waals surface area contributed by atoms with Crippen LogP contribution in [0.2, 0.25) is 0 Å². The van der Waals surface area contributed by atoms with Crippen molar-refractivity contribution in [3.8, 4) is 11.5 Å². The Kier molecular flexibility index (Phi) is 9.38. The van der Waals surface area contributed by atoms with Crippen LogP contribution in [0.3, 0.4) is 0 Å². The quantitative estimate of drug-likeness (QED) is 0.587. The van der Waals surface area contributed by atoms with Crippen molar-refractivity contribution in [3.05, 3.63) is 59.7 Å². The molecule has 0 spiro atoms. The summed E-state index contributed by atoms with van der Waals surface area (Å²) in [6.45, 7) is 8.06. The second-order valence-electron chi connectivity index (χ2n) is 7.63. The van der Waals surface area contributed by atoms with Crippen LogP contribution < -0.4 is 14.8 Å². The fourth-order valence-corrected chi connectivity index (χ4v) is 3.29. The van der Waals surface area contributed by atoms with E-state index in [1.54, 1.807) is 24.1 Å². The van der Waals surface area contributed by atoms with Gasteiger partial charge in [0.25, 0.3) is 5.91 Å². The predicted octanol–water partition coefficient (Wildman–Crippen LogP) is 4.10. The van der Waals surface area contributed by atoms with E-state index in [0.717, 1.165) is 17.5 Å². The summed E-state index contributed by atoms with van der Waals surface area (Å²) < 4.78 is 11.1. The number of benzene rings is 2. The number of ether oxygens (including phenoxy) is 2. The Morgan fingerprint density at radius 1 is 1.00 bits per heavy atom. The zero-order chi connectivity index (χ0) is 22.8. The molecule has 0 aliphatic rings. The molecular formula is C25H34N2O4. The van der Waals surface area contributed by atoms with Gasteiger partial charge < -0.3 is 19.7 Å². The number of carbonyl (C=O) groups is 2. The van der Waals surface area contributed by atoms with Crippen molar-refractivity contribution >= 4 is 11.8 Å². The molecule has 2 aromatic carbocycles. The molecule has 0 saturated carbocycles. The van der Waals surface area contributed by atoms with Gasteiger partial charge in [0.15, 0.2) is 18.1 Å². The number of carbonyl (C=O) groups excluding carboxylic acids is 2. The number of hydrogen-bond donors (Lipinski definition) is 1. The molecule has 168 valence electrons. The van der Waals surface area contributed by atoms with Crippen LogP contribution in [0.5, 0.6) is 11.5 Å². The molecule has 0 aliphatic heterocycles. The number of nitrogens with one attached hydrogen (secondary N) is 1. The molecule has 0 heterocycles. The predicted molar refractivity (Wildman–Crippen MR) is 122 cm³/mol. The number of rotatable bonds is 11. The molecule has 2 rings (SSSR count). The number of methoxy groups -OCH3 is 1. The molecule has 0 saturated heterocycles. The van der Waals surface area contributed by atoms with Crippen molar-refractivity contribution in [2.75, 3.05) is 13.7 Å². The first-order valence-electron chi connectivity index (χ1n) is 10.8. The number of nitrogens with zero attached hydrogens (tertiary/aromatic N) is 1. The van der Waals surface area contributed by atoms with Crippen molar-refractivity contribution in [3.63, 3.8) is 0 Å². The fraction of sp³-hybridized carbons (Fsp3) is 0.440. The lowest BCUT2D eigenvalue weighted by molar-refractivity contribution is -0.143. The van der Waals surface area contributed by atoms with E-state index in [1.165, 1.54) is 0 Å². The molecule has 1 N–H and O–H groups in total. The molecule has 0 unspecified atom stereocenters. The first-order valence-corrected chi connectivity index (χ1v) is 10.8. The summed E-state index contributed by atoms with van der Waals surface area (Å²) in [5, 5.41) is 3.01. The average molecular weight is 427 g/mol. The molecule has 0 radical (unpaired) electrons. The molecule has 31 heavy (non-hydrogen) atoms. The van der Waals surface area contributed by atoms with Gasteiger partial charge in [0.1, 0.15) is 6.04 Å². The second kappa shape index (κ2) is 12.0. The van der Waals surface area contributed by atoms with Gasteiger partial charge in [0.2, 0.25) is 5.91 Å². The van der Waals surface area contributed by atoms with Crippen LogP contribution in [-0.4, -0.2) is 42.5 Å². The second-order valence-corrected chi connectivity index (χ2v) is 7.63. The third-order valence-corrected chi connectivity index (χ3v) is 5.41. The maximum Gasteiger partial charge on any atom is 0.261 e. The fourth-order valence-electron chi connectivity index (χ4n) is 3.29. The summed E-state index contributed by atoms with van der Waals surface area (Å²) >= 11 is 0. The van der Waals surface area contributed by atoms with Gasteiger partial charge in [0, 0.05) is 12.6 Å². The molecular weight excluding hydrogens is 392 g/mol. The minimum atomic E-state index is -0.581. The maximum atomic E-state index is 13.3. The van der Waals surface area contributed by atoms with Gasteiger partial charge in [-0.25, -0.2) is 0 Å². The van der Waals surface area contributed by atoms with Crippen LogP contribution >= 0.6 is 0 Å². The number of aryl methyl sites for hydroxylation is 1. The molecule has 2 atom stereocenters. The normalized spacial score (nSPS) is 12.5. The van der Waals surface area contributed by atoms with Gasteiger partial charge in [-0.1, -0.05) is 50.2 Å². The smallest absolute Gasteiger partial charge is 0.261 e.